The van der Waals surface area contributed by atoms with Gasteiger partial charge in [0.05, 0.1) is 0 Å². The fourth-order valence-electron chi connectivity index (χ4n) is 3.25. The molecule has 21 heavy (non-hydrogen) atoms. The first kappa shape index (κ1) is 12.6. The van der Waals surface area contributed by atoms with Crippen LogP contribution in [-0.4, -0.2) is 23.9 Å². The number of carbonyl (C=O) groups is 1. The summed E-state index contributed by atoms with van der Waals surface area (Å²) in [7, 11) is 0. The van der Waals surface area contributed by atoms with E-state index in [0.29, 0.717) is 0 Å². The van der Waals surface area contributed by atoms with Crippen LogP contribution in [0, 0.1) is 0 Å². The van der Waals surface area contributed by atoms with Crippen molar-refractivity contribution in [3.63, 3.8) is 0 Å². The molecule has 1 heterocycles. The van der Waals surface area contributed by atoms with Gasteiger partial charge in [-0.25, -0.2) is 0 Å². The first-order valence-corrected chi connectivity index (χ1v) is 7.79. The van der Waals surface area contributed by atoms with Crippen LogP contribution in [0.4, 0.5) is 0 Å². The standard InChI is InChI=1S/C19H19NO/c21-19(20-11-9-16(10-12-20)15-5-6-15)18-8-7-14-3-1-2-4-17(14)13-18/h1-4,7-8,13H,5-6,9-12H2. The Bertz CT molecular complexity index is 728. The number of hydrogen-bond acceptors (Lipinski definition) is 1. The van der Waals surface area contributed by atoms with E-state index in [1.807, 2.05) is 35.2 Å². The zero-order valence-corrected chi connectivity index (χ0v) is 12.1. The van der Waals surface area contributed by atoms with Gasteiger partial charge in [0.1, 0.15) is 0 Å². The smallest absolute Gasteiger partial charge is 0.253 e. The van der Waals surface area contributed by atoms with Crippen molar-refractivity contribution in [1.29, 1.82) is 0 Å². The maximum Gasteiger partial charge on any atom is 0.253 e. The summed E-state index contributed by atoms with van der Waals surface area (Å²) in [6.07, 6.45) is 4.76. The molecule has 2 aliphatic rings. The molecule has 0 bridgehead atoms. The van der Waals surface area contributed by atoms with E-state index in [9.17, 15) is 4.79 Å². The molecule has 0 atom stereocenters. The van der Waals surface area contributed by atoms with Gasteiger partial charge in [0.2, 0.25) is 0 Å². The Kier molecular flexibility index (Phi) is 3.03. The highest BCUT2D eigenvalue weighted by atomic mass is 16.2. The van der Waals surface area contributed by atoms with Crippen LogP contribution in [0.1, 0.15) is 36.0 Å². The average Bonchev–Trinajstić information content (AvgIpc) is 3.39. The molecule has 1 saturated heterocycles. The van der Waals surface area contributed by atoms with Crippen LogP contribution in [-0.2, 0) is 0 Å². The van der Waals surface area contributed by atoms with Gasteiger partial charge >= 0.3 is 0 Å². The minimum absolute atomic E-state index is 0.181. The molecule has 106 valence electrons. The Labute approximate surface area is 125 Å². The minimum Gasteiger partial charge on any atom is -0.338 e. The summed E-state index contributed by atoms with van der Waals surface area (Å²) >= 11 is 0. The third-order valence-corrected chi connectivity index (χ3v) is 4.65. The number of piperidine rings is 1. The van der Waals surface area contributed by atoms with E-state index < -0.39 is 0 Å². The molecule has 1 aliphatic carbocycles. The molecule has 2 aromatic carbocycles. The Hall–Kier alpha value is -2.09. The van der Waals surface area contributed by atoms with Gasteiger partial charge in [-0.2, -0.15) is 0 Å². The lowest BCUT2D eigenvalue weighted by Gasteiger charge is -2.28. The largest absolute Gasteiger partial charge is 0.338 e. The summed E-state index contributed by atoms with van der Waals surface area (Å²) in [4.78, 5) is 14.7. The van der Waals surface area contributed by atoms with Crippen LogP contribution in [0.2, 0.25) is 0 Å². The summed E-state index contributed by atoms with van der Waals surface area (Å²) in [5, 5.41) is 2.33. The van der Waals surface area contributed by atoms with Crippen molar-refractivity contribution in [3.05, 3.63) is 59.2 Å². The van der Waals surface area contributed by atoms with E-state index in [2.05, 4.69) is 12.1 Å². The van der Waals surface area contributed by atoms with Gasteiger partial charge in [-0.1, -0.05) is 41.5 Å². The highest BCUT2D eigenvalue weighted by Crippen LogP contribution is 2.36. The molecular formula is C19H19NO. The van der Waals surface area contributed by atoms with Crippen molar-refractivity contribution in [2.45, 2.75) is 25.7 Å². The Morgan fingerprint density at radius 2 is 1.48 bits per heavy atom. The van der Waals surface area contributed by atoms with Crippen LogP contribution in [0.15, 0.2) is 53.6 Å². The SMILES string of the molecule is O=C(c1ccc2ccccc2c1)N1CCC(=C2CC2)CC1. The highest BCUT2D eigenvalue weighted by molar-refractivity contribution is 5.98. The third kappa shape index (κ3) is 2.46. The molecule has 1 saturated carbocycles. The second-order valence-electron chi connectivity index (χ2n) is 6.06. The maximum atomic E-state index is 12.6. The van der Waals surface area contributed by atoms with E-state index in [1.54, 1.807) is 11.1 Å². The van der Waals surface area contributed by atoms with Crippen molar-refractivity contribution in [2.75, 3.05) is 13.1 Å². The molecule has 1 amide bonds. The fourth-order valence-corrected chi connectivity index (χ4v) is 3.25. The Morgan fingerprint density at radius 1 is 0.810 bits per heavy atom. The molecule has 2 aromatic rings. The van der Waals surface area contributed by atoms with Gasteiger partial charge in [0.25, 0.3) is 5.91 Å². The molecule has 4 rings (SSSR count). The van der Waals surface area contributed by atoms with E-state index in [4.69, 9.17) is 0 Å². The van der Waals surface area contributed by atoms with Crippen LogP contribution in [0.5, 0.6) is 0 Å². The van der Waals surface area contributed by atoms with E-state index >= 15 is 0 Å². The lowest BCUT2D eigenvalue weighted by molar-refractivity contribution is 0.0743. The Morgan fingerprint density at radius 3 is 2.19 bits per heavy atom. The number of hydrogen-bond donors (Lipinski definition) is 0. The molecule has 0 aromatic heterocycles. The van der Waals surface area contributed by atoms with Crippen molar-refractivity contribution in [1.82, 2.24) is 4.90 Å². The average molecular weight is 277 g/mol. The lowest BCUT2D eigenvalue weighted by Crippen LogP contribution is -2.36. The van der Waals surface area contributed by atoms with Gasteiger partial charge < -0.3 is 4.90 Å². The van der Waals surface area contributed by atoms with Gasteiger partial charge in [0.15, 0.2) is 0 Å². The number of nitrogens with zero attached hydrogens (tertiary/aromatic N) is 1. The summed E-state index contributed by atoms with van der Waals surface area (Å²) in [6, 6.07) is 14.2. The molecule has 0 spiro atoms. The molecule has 0 radical (unpaired) electrons. The normalized spacial score (nSPS) is 18.2. The molecular weight excluding hydrogens is 258 g/mol. The highest BCUT2D eigenvalue weighted by Gasteiger charge is 2.24. The van der Waals surface area contributed by atoms with Crippen molar-refractivity contribution >= 4 is 16.7 Å². The minimum atomic E-state index is 0.181. The zero-order valence-electron chi connectivity index (χ0n) is 12.1. The molecule has 2 nitrogen and oxygen atoms in total. The summed E-state index contributed by atoms with van der Waals surface area (Å²) < 4.78 is 0. The van der Waals surface area contributed by atoms with Gasteiger partial charge in [-0.15, -0.1) is 0 Å². The Balaban J connectivity index is 1.54. The maximum absolute atomic E-state index is 12.6. The van der Waals surface area contributed by atoms with Crippen LogP contribution in [0.25, 0.3) is 10.8 Å². The van der Waals surface area contributed by atoms with Gasteiger partial charge in [-0.3, -0.25) is 4.79 Å². The second kappa shape index (κ2) is 5.03. The van der Waals surface area contributed by atoms with Crippen molar-refractivity contribution in [3.8, 4) is 0 Å². The van der Waals surface area contributed by atoms with E-state index in [1.165, 1.54) is 18.2 Å². The summed E-state index contributed by atoms with van der Waals surface area (Å²) in [6.45, 7) is 1.76. The fraction of sp³-hybridized carbons (Fsp3) is 0.316. The number of likely N-dealkylation sites (tertiary alicyclic amines) is 1. The number of amides is 1. The second-order valence-corrected chi connectivity index (χ2v) is 6.06. The number of rotatable bonds is 1. The first-order valence-electron chi connectivity index (χ1n) is 7.79. The van der Waals surface area contributed by atoms with Crippen LogP contribution < -0.4 is 0 Å². The summed E-state index contributed by atoms with van der Waals surface area (Å²) in [5.74, 6) is 0.181. The number of carbonyl (C=O) groups excluding carboxylic acids is 1. The zero-order chi connectivity index (χ0) is 14.2. The monoisotopic (exact) mass is 277 g/mol. The number of allylic oxidation sites excluding steroid dienone is 1. The van der Waals surface area contributed by atoms with Crippen LogP contribution in [0.3, 0.4) is 0 Å². The lowest BCUT2D eigenvalue weighted by atomic mass is 10.0. The predicted octanol–water partition coefficient (Wildman–Crippen LogP) is 4.17. The topological polar surface area (TPSA) is 20.3 Å². The quantitative estimate of drug-likeness (QED) is 0.716. The van der Waals surface area contributed by atoms with Crippen molar-refractivity contribution < 1.29 is 4.79 Å². The van der Waals surface area contributed by atoms with Crippen molar-refractivity contribution in [2.24, 2.45) is 0 Å². The number of benzene rings is 2. The molecule has 2 fully saturated rings. The number of fused-ring (bicyclic) bond motifs is 1. The first-order chi connectivity index (χ1) is 10.3. The van der Waals surface area contributed by atoms with Gasteiger partial charge in [-0.05, 0) is 48.6 Å². The van der Waals surface area contributed by atoms with E-state index in [0.717, 1.165) is 36.9 Å². The van der Waals surface area contributed by atoms with Gasteiger partial charge in [0, 0.05) is 18.7 Å². The van der Waals surface area contributed by atoms with E-state index in [-0.39, 0.29) is 5.91 Å². The predicted molar refractivity (Wildman–Crippen MR) is 85.3 cm³/mol. The van der Waals surface area contributed by atoms with Crippen LogP contribution >= 0.6 is 0 Å². The third-order valence-electron chi connectivity index (χ3n) is 4.65. The molecule has 0 unspecified atom stereocenters. The molecule has 2 heteroatoms. The summed E-state index contributed by atoms with van der Waals surface area (Å²) in [5.41, 5.74) is 4.10. The molecule has 0 N–H and O–H groups in total. The molecule has 1 aliphatic heterocycles.